The minimum Gasteiger partial charge on any atom is -0.295 e. The lowest BCUT2D eigenvalue weighted by molar-refractivity contribution is 0.0979. The van der Waals surface area contributed by atoms with Crippen molar-refractivity contribution in [2.24, 2.45) is 0 Å². The van der Waals surface area contributed by atoms with Crippen molar-refractivity contribution in [3.05, 3.63) is 89.1 Å². The van der Waals surface area contributed by atoms with Gasteiger partial charge in [0.05, 0.1) is 22.0 Å². The summed E-state index contributed by atoms with van der Waals surface area (Å²) in [5.74, 6) is -0.176. The molecule has 4 heterocycles. The molecule has 0 saturated carbocycles. The van der Waals surface area contributed by atoms with Crippen LogP contribution in [-0.4, -0.2) is 25.3 Å². The number of rotatable bonds is 4. The standard InChI is InChI=1S/C22H16ClN5OS/c1-14-20(27-11-3-2-9-18(27)25-14)21(29)28(13-15-6-5-10-24-12-15)22-26-19-16(23)7-4-8-17(19)30-22/h2-12H,13H2,1H3. The average Bonchev–Trinajstić information content (AvgIpc) is 3.33. The molecule has 0 radical (unpaired) electrons. The molecular formula is C22H16ClN5OS. The first-order valence-electron chi connectivity index (χ1n) is 9.31. The van der Waals surface area contributed by atoms with Crippen LogP contribution in [0, 0.1) is 6.92 Å². The van der Waals surface area contributed by atoms with E-state index in [9.17, 15) is 4.79 Å². The number of aryl methyl sites for hydroxylation is 1. The van der Waals surface area contributed by atoms with Crippen molar-refractivity contribution in [3.8, 4) is 0 Å². The Labute approximate surface area is 181 Å². The number of imidazole rings is 1. The van der Waals surface area contributed by atoms with Gasteiger partial charge in [-0.1, -0.05) is 41.1 Å². The Hall–Kier alpha value is -3.29. The molecular weight excluding hydrogens is 418 g/mol. The molecule has 5 aromatic rings. The summed E-state index contributed by atoms with van der Waals surface area (Å²) < 4.78 is 2.74. The van der Waals surface area contributed by atoms with Gasteiger partial charge in [-0.15, -0.1) is 0 Å². The first-order valence-corrected chi connectivity index (χ1v) is 10.5. The lowest BCUT2D eigenvalue weighted by Gasteiger charge is -2.20. The van der Waals surface area contributed by atoms with Crippen LogP contribution in [-0.2, 0) is 6.54 Å². The largest absolute Gasteiger partial charge is 0.295 e. The summed E-state index contributed by atoms with van der Waals surface area (Å²) in [6.45, 7) is 2.18. The molecule has 6 nitrogen and oxygen atoms in total. The molecule has 0 bridgehead atoms. The number of carbonyl (C=O) groups excluding carboxylic acids is 1. The number of benzene rings is 1. The lowest BCUT2D eigenvalue weighted by Crippen LogP contribution is -2.31. The first kappa shape index (κ1) is 18.7. The van der Waals surface area contributed by atoms with E-state index in [-0.39, 0.29) is 5.91 Å². The zero-order valence-electron chi connectivity index (χ0n) is 16.0. The summed E-state index contributed by atoms with van der Waals surface area (Å²) in [5.41, 5.74) is 3.51. The van der Waals surface area contributed by atoms with Gasteiger partial charge in [0.2, 0.25) is 0 Å². The van der Waals surface area contributed by atoms with Crippen LogP contribution < -0.4 is 4.90 Å². The molecule has 0 spiro atoms. The van der Waals surface area contributed by atoms with E-state index >= 15 is 0 Å². The number of anilines is 1. The Morgan fingerprint density at radius 2 is 2.03 bits per heavy atom. The van der Waals surface area contributed by atoms with Crippen molar-refractivity contribution in [1.82, 2.24) is 19.4 Å². The fourth-order valence-electron chi connectivity index (χ4n) is 3.42. The maximum absolute atomic E-state index is 13.8. The van der Waals surface area contributed by atoms with Gasteiger partial charge in [0.25, 0.3) is 5.91 Å². The molecule has 0 aliphatic heterocycles. The highest BCUT2D eigenvalue weighted by Crippen LogP contribution is 2.34. The summed E-state index contributed by atoms with van der Waals surface area (Å²) in [7, 11) is 0. The van der Waals surface area contributed by atoms with Gasteiger partial charge >= 0.3 is 0 Å². The Bertz CT molecular complexity index is 1380. The van der Waals surface area contributed by atoms with E-state index in [2.05, 4.69) is 9.97 Å². The number of amides is 1. The maximum atomic E-state index is 13.8. The zero-order valence-corrected chi connectivity index (χ0v) is 17.6. The van der Waals surface area contributed by atoms with Gasteiger partial charge in [0, 0.05) is 18.6 Å². The second-order valence-corrected chi connectivity index (χ2v) is 8.23. The van der Waals surface area contributed by atoms with E-state index < -0.39 is 0 Å². The molecule has 5 rings (SSSR count). The Morgan fingerprint density at radius 1 is 1.13 bits per heavy atom. The highest BCUT2D eigenvalue weighted by Gasteiger charge is 2.26. The second kappa shape index (κ2) is 7.51. The molecule has 1 aromatic carbocycles. The summed E-state index contributed by atoms with van der Waals surface area (Å²) in [6, 6.07) is 15.1. The Morgan fingerprint density at radius 3 is 2.83 bits per heavy atom. The number of para-hydroxylation sites is 1. The highest BCUT2D eigenvalue weighted by molar-refractivity contribution is 7.22. The van der Waals surface area contributed by atoms with E-state index in [0.717, 1.165) is 15.9 Å². The van der Waals surface area contributed by atoms with Crippen LogP contribution in [0.3, 0.4) is 0 Å². The lowest BCUT2D eigenvalue weighted by atomic mass is 10.2. The molecule has 0 saturated heterocycles. The number of thiazole rings is 1. The van der Waals surface area contributed by atoms with E-state index in [4.69, 9.17) is 16.6 Å². The van der Waals surface area contributed by atoms with Gasteiger partial charge in [-0.2, -0.15) is 0 Å². The van der Waals surface area contributed by atoms with Crippen molar-refractivity contribution < 1.29 is 4.79 Å². The average molecular weight is 434 g/mol. The van der Waals surface area contributed by atoms with Gasteiger partial charge in [-0.05, 0) is 42.8 Å². The molecule has 1 amide bonds. The number of halogens is 1. The van der Waals surface area contributed by atoms with Gasteiger partial charge in [-0.25, -0.2) is 9.97 Å². The van der Waals surface area contributed by atoms with Crippen molar-refractivity contribution >= 4 is 49.8 Å². The van der Waals surface area contributed by atoms with E-state index in [1.54, 1.807) is 23.4 Å². The van der Waals surface area contributed by atoms with Crippen LogP contribution in [0.1, 0.15) is 21.7 Å². The van der Waals surface area contributed by atoms with Gasteiger partial charge in [0.1, 0.15) is 16.9 Å². The molecule has 0 N–H and O–H groups in total. The molecule has 0 fully saturated rings. The van der Waals surface area contributed by atoms with Crippen LogP contribution >= 0.6 is 22.9 Å². The smallest absolute Gasteiger partial charge is 0.279 e. The summed E-state index contributed by atoms with van der Waals surface area (Å²) in [6.07, 6.45) is 5.31. The van der Waals surface area contributed by atoms with Gasteiger partial charge < -0.3 is 0 Å². The van der Waals surface area contributed by atoms with Crippen molar-refractivity contribution in [3.63, 3.8) is 0 Å². The molecule has 0 unspecified atom stereocenters. The third kappa shape index (κ3) is 3.22. The predicted octanol–water partition coefficient (Wildman–Crippen LogP) is 5.15. The molecule has 8 heteroatoms. The Balaban J connectivity index is 1.66. The number of fused-ring (bicyclic) bond motifs is 2. The number of nitrogens with zero attached hydrogens (tertiary/aromatic N) is 5. The number of hydrogen-bond donors (Lipinski definition) is 0. The van der Waals surface area contributed by atoms with Crippen LogP contribution in [0.25, 0.3) is 15.9 Å². The first-order chi connectivity index (χ1) is 14.6. The molecule has 0 atom stereocenters. The third-order valence-electron chi connectivity index (χ3n) is 4.80. The van der Waals surface area contributed by atoms with E-state index in [1.165, 1.54) is 11.3 Å². The quantitative estimate of drug-likeness (QED) is 0.393. The minimum atomic E-state index is -0.176. The van der Waals surface area contributed by atoms with Crippen LogP contribution in [0.5, 0.6) is 0 Å². The molecule has 0 aliphatic carbocycles. The topological polar surface area (TPSA) is 63.4 Å². The number of carbonyl (C=O) groups is 1. The number of pyridine rings is 2. The minimum absolute atomic E-state index is 0.176. The van der Waals surface area contributed by atoms with Crippen molar-refractivity contribution in [1.29, 1.82) is 0 Å². The fraction of sp³-hybridized carbons (Fsp3) is 0.0909. The SMILES string of the molecule is Cc1nc2ccccn2c1C(=O)N(Cc1cccnc1)c1nc2c(Cl)cccc2s1. The summed E-state index contributed by atoms with van der Waals surface area (Å²) in [4.78, 5) is 28.9. The van der Waals surface area contributed by atoms with Crippen molar-refractivity contribution in [2.75, 3.05) is 4.90 Å². The normalized spacial score (nSPS) is 11.3. The fourth-order valence-corrected chi connectivity index (χ4v) is 4.68. The third-order valence-corrected chi connectivity index (χ3v) is 6.15. The molecule has 4 aromatic heterocycles. The van der Waals surface area contributed by atoms with Crippen LogP contribution in [0.15, 0.2) is 67.1 Å². The van der Waals surface area contributed by atoms with Crippen molar-refractivity contribution in [2.45, 2.75) is 13.5 Å². The molecule has 30 heavy (non-hydrogen) atoms. The van der Waals surface area contributed by atoms with E-state index in [1.807, 2.05) is 60.0 Å². The maximum Gasteiger partial charge on any atom is 0.279 e. The highest BCUT2D eigenvalue weighted by atomic mass is 35.5. The summed E-state index contributed by atoms with van der Waals surface area (Å²) in [5, 5.41) is 1.15. The van der Waals surface area contributed by atoms with Gasteiger partial charge in [0.15, 0.2) is 5.13 Å². The van der Waals surface area contributed by atoms with E-state index in [0.29, 0.717) is 33.6 Å². The number of hydrogen-bond acceptors (Lipinski definition) is 5. The summed E-state index contributed by atoms with van der Waals surface area (Å²) >= 11 is 7.77. The van der Waals surface area contributed by atoms with Crippen LogP contribution in [0.2, 0.25) is 5.02 Å². The number of aromatic nitrogens is 4. The predicted molar refractivity (Wildman–Crippen MR) is 119 cm³/mol. The Kier molecular flexibility index (Phi) is 4.69. The molecule has 148 valence electrons. The zero-order chi connectivity index (χ0) is 20.7. The van der Waals surface area contributed by atoms with Gasteiger partial charge in [-0.3, -0.25) is 19.1 Å². The second-order valence-electron chi connectivity index (χ2n) is 6.81. The molecule has 0 aliphatic rings. The monoisotopic (exact) mass is 433 g/mol. The van der Waals surface area contributed by atoms with Crippen LogP contribution in [0.4, 0.5) is 5.13 Å².